The molecule has 0 unspecified atom stereocenters. The highest BCUT2D eigenvalue weighted by molar-refractivity contribution is 6.11. The maximum absolute atomic E-state index is 13.8. The Morgan fingerprint density at radius 3 is 2.35 bits per heavy atom. The van der Waals surface area contributed by atoms with Crippen molar-refractivity contribution in [3.05, 3.63) is 101 Å². The fourth-order valence-electron chi connectivity index (χ4n) is 4.18. The van der Waals surface area contributed by atoms with Crippen molar-refractivity contribution in [3.8, 4) is 5.75 Å². The Bertz CT molecular complexity index is 1240. The zero-order chi connectivity index (χ0) is 24.3. The van der Waals surface area contributed by atoms with E-state index in [2.05, 4.69) is 10.6 Å². The Balaban J connectivity index is 1.60. The van der Waals surface area contributed by atoms with E-state index in [1.165, 1.54) is 0 Å². The molecular formula is C27H27N3O4. The summed E-state index contributed by atoms with van der Waals surface area (Å²) in [5.41, 5.74) is 2.76. The van der Waals surface area contributed by atoms with Gasteiger partial charge < -0.3 is 15.4 Å². The van der Waals surface area contributed by atoms with Gasteiger partial charge in [0, 0.05) is 12.1 Å². The molecule has 3 aromatic rings. The topological polar surface area (TPSA) is 87.7 Å². The number of hydrogen-bond donors (Lipinski definition) is 2. The van der Waals surface area contributed by atoms with Crippen LogP contribution in [-0.4, -0.2) is 36.4 Å². The number of carbonyl (C=O) groups is 3. The SMILES string of the molecule is COc1ccccc1CNC(=O)CN1C(=O)N[C@](c2ccccc2)(c2ccc(C)c(C)c2)C1=O. The second-order valence-electron chi connectivity index (χ2n) is 8.33. The number of benzene rings is 3. The average Bonchev–Trinajstić information content (AvgIpc) is 3.10. The minimum absolute atomic E-state index is 0.216. The highest BCUT2D eigenvalue weighted by atomic mass is 16.5. The number of hydrogen-bond acceptors (Lipinski definition) is 4. The second-order valence-corrected chi connectivity index (χ2v) is 8.33. The molecule has 4 rings (SSSR count). The first-order valence-corrected chi connectivity index (χ1v) is 11.0. The highest BCUT2D eigenvalue weighted by Gasteiger charge is 2.54. The van der Waals surface area contributed by atoms with Crippen molar-refractivity contribution < 1.29 is 19.1 Å². The number of imide groups is 1. The summed E-state index contributed by atoms with van der Waals surface area (Å²) in [6, 6.07) is 21.5. The van der Waals surface area contributed by atoms with Gasteiger partial charge in [-0.2, -0.15) is 0 Å². The van der Waals surface area contributed by atoms with E-state index < -0.39 is 23.4 Å². The average molecular weight is 458 g/mol. The third-order valence-corrected chi connectivity index (χ3v) is 6.22. The maximum atomic E-state index is 13.8. The fraction of sp³-hybridized carbons (Fsp3) is 0.222. The molecule has 1 saturated heterocycles. The Morgan fingerprint density at radius 2 is 1.65 bits per heavy atom. The van der Waals surface area contributed by atoms with Crippen molar-refractivity contribution in [1.29, 1.82) is 0 Å². The van der Waals surface area contributed by atoms with Crippen LogP contribution in [0.25, 0.3) is 0 Å². The second kappa shape index (κ2) is 9.39. The summed E-state index contributed by atoms with van der Waals surface area (Å²) in [4.78, 5) is 40.5. The normalized spacial score (nSPS) is 17.4. The van der Waals surface area contributed by atoms with Gasteiger partial charge in [0.05, 0.1) is 7.11 Å². The fourth-order valence-corrected chi connectivity index (χ4v) is 4.18. The highest BCUT2D eigenvalue weighted by Crippen LogP contribution is 2.36. The van der Waals surface area contributed by atoms with E-state index in [4.69, 9.17) is 4.74 Å². The lowest BCUT2D eigenvalue weighted by molar-refractivity contribution is -0.134. The number of urea groups is 1. The van der Waals surface area contributed by atoms with Crippen LogP contribution >= 0.6 is 0 Å². The summed E-state index contributed by atoms with van der Waals surface area (Å²) in [6.45, 7) is 3.77. The molecule has 1 fully saturated rings. The van der Waals surface area contributed by atoms with Crippen LogP contribution in [0.2, 0.25) is 0 Å². The lowest BCUT2D eigenvalue weighted by atomic mass is 9.81. The van der Waals surface area contributed by atoms with Crippen LogP contribution in [-0.2, 0) is 21.7 Å². The monoisotopic (exact) mass is 457 g/mol. The van der Waals surface area contributed by atoms with Crippen LogP contribution in [0.4, 0.5) is 4.79 Å². The zero-order valence-electron chi connectivity index (χ0n) is 19.4. The van der Waals surface area contributed by atoms with E-state index in [-0.39, 0.29) is 13.1 Å². The van der Waals surface area contributed by atoms with Gasteiger partial charge >= 0.3 is 6.03 Å². The summed E-state index contributed by atoms with van der Waals surface area (Å²) >= 11 is 0. The van der Waals surface area contributed by atoms with Gasteiger partial charge in [0.15, 0.2) is 5.54 Å². The molecule has 0 bridgehead atoms. The van der Waals surface area contributed by atoms with Crippen LogP contribution in [0.5, 0.6) is 5.75 Å². The molecule has 34 heavy (non-hydrogen) atoms. The quantitative estimate of drug-likeness (QED) is 0.532. The summed E-state index contributed by atoms with van der Waals surface area (Å²) in [5, 5.41) is 5.65. The molecule has 0 spiro atoms. The molecule has 0 aliphatic carbocycles. The van der Waals surface area contributed by atoms with E-state index >= 15 is 0 Å². The zero-order valence-corrected chi connectivity index (χ0v) is 19.4. The van der Waals surface area contributed by atoms with Gasteiger partial charge in [-0.05, 0) is 42.2 Å². The van der Waals surface area contributed by atoms with Gasteiger partial charge in [-0.15, -0.1) is 0 Å². The van der Waals surface area contributed by atoms with E-state index in [0.717, 1.165) is 21.6 Å². The lowest BCUT2D eigenvalue weighted by Gasteiger charge is -2.28. The third kappa shape index (κ3) is 4.12. The van der Waals surface area contributed by atoms with Gasteiger partial charge in [0.2, 0.25) is 5.91 Å². The molecule has 0 radical (unpaired) electrons. The van der Waals surface area contributed by atoms with Crippen LogP contribution < -0.4 is 15.4 Å². The summed E-state index contributed by atoms with van der Waals surface area (Å²) in [6.07, 6.45) is 0. The smallest absolute Gasteiger partial charge is 0.326 e. The Morgan fingerprint density at radius 1 is 0.941 bits per heavy atom. The Hall–Kier alpha value is -4.13. The van der Waals surface area contributed by atoms with Crippen molar-refractivity contribution in [2.45, 2.75) is 25.9 Å². The molecule has 1 aliphatic rings. The van der Waals surface area contributed by atoms with E-state index in [1.54, 1.807) is 25.3 Å². The molecule has 7 heteroatoms. The van der Waals surface area contributed by atoms with Gasteiger partial charge in [0.25, 0.3) is 5.91 Å². The number of ether oxygens (including phenoxy) is 1. The van der Waals surface area contributed by atoms with Crippen LogP contribution in [0.15, 0.2) is 72.8 Å². The number of rotatable bonds is 7. The summed E-state index contributed by atoms with van der Waals surface area (Å²) in [7, 11) is 1.56. The lowest BCUT2D eigenvalue weighted by Crippen LogP contribution is -2.46. The van der Waals surface area contributed by atoms with Gasteiger partial charge in [-0.1, -0.05) is 66.7 Å². The molecule has 174 valence electrons. The first-order chi connectivity index (χ1) is 16.4. The van der Waals surface area contributed by atoms with Gasteiger partial charge in [-0.25, -0.2) is 4.79 Å². The van der Waals surface area contributed by atoms with Gasteiger partial charge in [0.1, 0.15) is 12.3 Å². The Kier molecular flexibility index (Phi) is 6.36. The van der Waals surface area contributed by atoms with Crippen molar-refractivity contribution in [2.75, 3.05) is 13.7 Å². The number of nitrogens with zero attached hydrogens (tertiary/aromatic N) is 1. The number of para-hydroxylation sites is 1. The van der Waals surface area contributed by atoms with E-state index in [0.29, 0.717) is 16.9 Å². The van der Waals surface area contributed by atoms with Crippen molar-refractivity contribution >= 4 is 17.8 Å². The molecule has 1 atom stereocenters. The molecule has 0 aromatic heterocycles. The van der Waals surface area contributed by atoms with E-state index in [9.17, 15) is 14.4 Å². The van der Waals surface area contributed by atoms with Gasteiger partial charge in [-0.3, -0.25) is 14.5 Å². The molecule has 2 N–H and O–H groups in total. The molecule has 0 saturated carbocycles. The number of carbonyl (C=O) groups excluding carboxylic acids is 3. The van der Waals surface area contributed by atoms with E-state index in [1.807, 2.05) is 68.4 Å². The van der Waals surface area contributed by atoms with Crippen molar-refractivity contribution in [2.24, 2.45) is 0 Å². The number of methoxy groups -OCH3 is 1. The third-order valence-electron chi connectivity index (χ3n) is 6.22. The predicted octanol–water partition coefficient (Wildman–Crippen LogP) is 3.42. The standard InChI is InChI=1S/C27H27N3O4/c1-18-13-14-22(15-19(18)2)27(21-10-5-4-6-11-21)25(32)30(26(33)29-27)17-24(31)28-16-20-9-7-8-12-23(20)34-3/h4-15H,16-17H2,1-3H3,(H,28,31)(H,29,33)/t27-/m1/s1. The van der Waals surface area contributed by atoms with Crippen molar-refractivity contribution in [1.82, 2.24) is 15.5 Å². The van der Waals surface area contributed by atoms with Crippen LogP contribution in [0, 0.1) is 13.8 Å². The molecular weight excluding hydrogens is 430 g/mol. The molecule has 4 amide bonds. The first kappa shape index (κ1) is 23.0. The van der Waals surface area contributed by atoms with Crippen LogP contribution in [0.1, 0.15) is 27.8 Å². The summed E-state index contributed by atoms with van der Waals surface area (Å²) < 4.78 is 5.31. The number of amides is 4. The Labute approximate surface area is 198 Å². The number of nitrogens with one attached hydrogen (secondary N) is 2. The minimum Gasteiger partial charge on any atom is -0.496 e. The molecule has 7 nitrogen and oxygen atoms in total. The maximum Gasteiger partial charge on any atom is 0.326 e. The number of aryl methyl sites for hydroxylation is 2. The summed E-state index contributed by atoms with van der Waals surface area (Å²) in [5.74, 6) is -0.284. The largest absolute Gasteiger partial charge is 0.496 e. The molecule has 1 heterocycles. The molecule has 1 aliphatic heterocycles. The minimum atomic E-state index is -1.40. The van der Waals surface area contributed by atoms with Crippen molar-refractivity contribution in [3.63, 3.8) is 0 Å². The van der Waals surface area contributed by atoms with Crippen LogP contribution in [0.3, 0.4) is 0 Å². The molecule has 3 aromatic carbocycles. The first-order valence-electron chi connectivity index (χ1n) is 11.0. The predicted molar refractivity (Wildman–Crippen MR) is 128 cm³/mol.